The van der Waals surface area contributed by atoms with Crippen LogP contribution in [0.3, 0.4) is 0 Å². The number of hydrogen-bond acceptors (Lipinski definition) is 5. The van der Waals surface area contributed by atoms with Crippen LogP contribution in [0.2, 0.25) is 0 Å². The second-order valence-electron chi connectivity index (χ2n) is 6.02. The van der Waals surface area contributed by atoms with Gasteiger partial charge in [0.25, 0.3) is 0 Å². The SMILES string of the molecule is CN1CCN(Cc2cnc(N3CCCCC3)nc2)CC1. The number of likely N-dealkylation sites (N-methyl/N-ethyl adjacent to an activating group) is 1. The zero-order valence-electron chi connectivity index (χ0n) is 12.5. The van der Waals surface area contributed by atoms with Crippen molar-refractivity contribution in [3.05, 3.63) is 18.0 Å². The van der Waals surface area contributed by atoms with Crippen molar-refractivity contribution >= 4 is 5.95 Å². The zero-order chi connectivity index (χ0) is 13.8. The highest BCUT2D eigenvalue weighted by Gasteiger charge is 2.15. The van der Waals surface area contributed by atoms with E-state index >= 15 is 0 Å². The van der Waals surface area contributed by atoms with Gasteiger partial charge in [-0.1, -0.05) is 0 Å². The van der Waals surface area contributed by atoms with Crippen LogP contribution in [0.25, 0.3) is 0 Å². The summed E-state index contributed by atoms with van der Waals surface area (Å²) in [4.78, 5) is 16.3. The molecule has 5 heteroatoms. The molecule has 0 saturated carbocycles. The molecule has 3 rings (SSSR count). The van der Waals surface area contributed by atoms with Gasteiger partial charge >= 0.3 is 0 Å². The molecule has 1 aromatic heterocycles. The highest BCUT2D eigenvalue weighted by molar-refractivity contribution is 5.30. The van der Waals surface area contributed by atoms with Gasteiger partial charge < -0.3 is 9.80 Å². The monoisotopic (exact) mass is 275 g/mol. The van der Waals surface area contributed by atoms with Gasteiger partial charge in [-0.2, -0.15) is 0 Å². The zero-order valence-corrected chi connectivity index (χ0v) is 12.5. The molecule has 0 atom stereocenters. The number of anilines is 1. The van der Waals surface area contributed by atoms with Gasteiger partial charge in [-0.25, -0.2) is 9.97 Å². The molecule has 0 bridgehead atoms. The molecule has 2 aliphatic heterocycles. The van der Waals surface area contributed by atoms with Gasteiger partial charge in [0.2, 0.25) is 5.95 Å². The predicted molar refractivity (Wildman–Crippen MR) is 80.9 cm³/mol. The van der Waals surface area contributed by atoms with Gasteiger partial charge in [0.05, 0.1) is 0 Å². The van der Waals surface area contributed by atoms with Gasteiger partial charge in [0.1, 0.15) is 0 Å². The van der Waals surface area contributed by atoms with Crippen molar-refractivity contribution in [3.8, 4) is 0 Å². The number of aromatic nitrogens is 2. The van der Waals surface area contributed by atoms with Gasteiger partial charge in [-0.3, -0.25) is 4.90 Å². The van der Waals surface area contributed by atoms with Crippen LogP contribution in [-0.2, 0) is 6.54 Å². The molecule has 2 saturated heterocycles. The minimum Gasteiger partial charge on any atom is -0.341 e. The Balaban J connectivity index is 1.55. The maximum Gasteiger partial charge on any atom is 0.225 e. The molecule has 110 valence electrons. The summed E-state index contributed by atoms with van der Waals surface area (Å²) in [5.41, 5.74) is 1.23. The maximum absolute atomic E-state index is 4.56. The summed E-state index contributed by atoms with van der Waals surface area (Å²) in [6.45, 7) is 7.80. The van der Waals surface area contributed by atoms with E-state index in [4.69, 9.17) is 0 Å². The van der Waals surface area contributed by atoms with E-state index in [-0.39, 0.29) is 0 Å². The van der Waals surface area contributed by atoms with Crippen LogP contribution in [0.5, 0.6) is 0 Å². The van der Waals surface area contributed by atoms with Crippen LogP contribution in [-0.4, -0.2) is 66.1 Å². The Kier molecular flexibility index (Phi) is 4.47. The Bertz CT molecular complexity index is 405. The first-order valence-electron chi connectivity index (χ1n) is 7.78. The summed E-state index contributed by atoms with van der Waals surface area (Å²) in [6.07, 6.45) is 7.90. The Hall–Kier alpha value is -1.20. The van der Waals surface area contributed by atoms with E-state index in [1.165, 1.54) is 24.8 Å². The van der Waals surface area contributed by atoms with Crippen LogP contribution in [0, 0.1) is 0 Å². The first kappa shape index (κ1) is 13.8. The summed E-state index contributed by atoms with van der Waals surface area (Å²) < 4.78 is 0. The third-order valence-electron chi connectivity index (χ3n) is 4.33. The van der Waals surface area contributed by atoms with Crippen molar-refractivity contribution in [2.24, 2.45) is 0 Å². The summed E-state index contributed by atoms with van der Waals surface area (Å²) >= 11 is 0. The smallest absolute Gasteiger partial charge is 0.225 e. The average Bonchev–Trinajstić information content (AvgIpc) is 2.51. The van der Waals surface area contributed by atoms with Gasteiger partial charge in [0, 0.05) is 63.8 Å². The van der Waals surface area contributed by atoms with E-state index in [0.29, 0.717) is 0 Å². The predicted octanol–water partition coefficient (Wildman–Crippen LogP) is 1.21. The summed E-state index contributed by atoms with van der Waals surface area (Å²) in [5, 5.41) is 0. The van der Waals surface area contributed by atoms with Crippen molar-refractivity contribution in [2.45, 2.75) is 25.8 Å². The van der Waals surface area contributed by atoms with Gasteiger partial charge in [-0.05, 0) is 26.3 Å². The molecular weight excluding hydrogens is 250 g/mol. The van der Waals surface area contributed by atoms with Crippen LogP contribution < -0.4 is 4.90 Å². The van der Waals surface area contributed by atoms with Crippen molar-refractivity contribution in [1.29, 1.82) is 0 Å². The number of hydrogen-bond donors (Lipinski definition) is 0. The van der Waals surface area contributed by atoms with E-state index in [2.05, 4.69) is 31.7 Å². The normalized spacial score (nSPS) is 22.1. The van der Waals surface area contributed by atoms with E-state index in [1.807, 2.05) is 12.4 Å². The molecule has 3 heterocycles. The minimum absolute atomic E-state index is 0.909. The van der Waals surface area contributed by atoms with E-state index in [1.54, 1.807) is 0 Å². The lowest BCUT2D eigenvalue weighted by Crippen LogP contribution is -2.43. The average molecular weight is 275 g/mol. The quantitative estimate of drug-likeness (QED) is 0.829. The van der Waals surface area contributed by atoms with Crippen LogP contribution >= 0.6 is 0 Å². The first-order valence-corrected chi connectivity index (χ1v) is 7.78. The molecular formula is C15H25N5. The molecule has 0 N–H and O–H groups in total. The van der Waals surface area contributed by atoms with Gasteiger partial charge in [-0.15, -0.1) is 0 Å². The van der Waals surface area contributed by atoms with E-state index in [9.17, 15) is 0 Å². The van der Waals surface area contributed by atoms with Crippen molar-refractivity contribution < 1.29 is 0 Å². The molecule has 0 aromatic carbocycles. The molecule has 0 radical (unpaired) electrons. The fourth-order valence-electron chi connectivity index (χ4n) is 2.95. The molecule has 5 nitrogen and oxygen atoms in total. The topological polar surface area (TPSA) is 35.5 Å². The molecule has 0 spiro atoms. The summed E-state index contributed by atoms with van der Waals surface area (Å²) in [6, 6.07) is 0. The number of piperidine rings is 1. The van der Waals surface area contributed by atoms with Crippen molar-refractivity contribution in [3.63, 3.8) is 0 Å². The molecule has 20 heavy (non-hydrogen) atoms. The molecule has 2 fully saturated rings. The Morgan fingerprint density at radius 2 is 1.55 bits per heavy atom. The molecule has 0 amide bonds. The van der Waals surface area contributed by atoms with E-state index in [0.717, 1.165) is 51.8 Å². The lowest BCUT2D eigenvalue weighted by molar-refractivity contribution is 0.148. The third-order valence-corrected chi connectivity index (χ3v) is 4.33. The second kappa shape index (κ2) is 6.50. The first-order chi connectivity index (χ1) is 9.81. The van der Waals surface area contributed by atoms with Crippen molar-refractivity contribution in [1.82, 2.24) is 19.8 Å². The Labute approximate surface area is 121 Å². The highest BCUT2D eigenvalue weighted by atomic mass is 15.3. The fourth-order valence-corrected chi connectivity index (χ4v) is 2.95. The summed E-state index contributed by atoms with van der Waals surface area (Å²) in [5.74, 6) is 0.909. The molecule has 2 aliphatic rings. The maximum atomic E-state index is 4.56. The Morgan fingerprint density at radius 3 is 2.20 bits per heavy atom. The van der Waals surface area contributed by atoms with Crippen LogP contribution in [0.15, 0.2) is 12.4 Å². The largest absolute Gasteiger partial charge is 0.341 e. The fraction of sp³-hybridized carbons (Fsp3) is 0.733. The number of rotatable bonds is 3. The lowest BCUT2D eigenvalue weighted by Gasteiger charge is -2.32. The molecule has 0 aliphatic carbocycles. The van der Waals surface area contributed by atoms with Crippen molar-refractivity contribution in [2.75, 3.05) is 51.2 Å². The molecule has 0 unspecified atom stereocenters. The second-order valence-corrected chi connectivity index (χ2v) is 6.02. The number of nitrogens with zero attached hydrogens (tertiary/aromatic N) is 5. The minimum atomic E-state index is 0.909. The van der Waals surface area contributed by atoms with E-state index < -0.39 is 0 Å². The highest BCUT2D eigenvalue weighted by Crippen LogP contribution is 2.15. The Morgan fingerprint density at radius 1 is 0.900 bits per heavy atom. The third kappa shape index (κ3) is 3.46. The van der Waals surface area contributed by atoms with Crippen LogP contribution in [0.1, 0.15) is 24.8 Å². The van der Waals surface area contributed by atoms with Crippen LogP contribution in [0.4, 0.5) is 5.95 Å². The van der Waals surface area contributed by atoms with Gasteiger partial charge in [0.15, 0.2) is 0 Å². The lowest BCUT2D eigenvalue weighted by atomic mass is 10.1. The standard InChI is InChI=1S/C15H25N5/c1-18-7-9-19(10-8-18)13-14-11-16-15(17-12-14)20-5-3-2-4-6-20/h11-12H,2-10,13H2,1H3. The molecule has 1 aromatic rings. The number of piperazine rings is 1. The summed E-state index contributed by atoms with van der Waals surface area (Å²) in [7, 11) is 2.19.